The molecule has 4 aliphatic carbocycles. The average molecular weight is 480 g/mol. The van der Waals surface area contributed by atoms with Crippen molar-refractivity contribution in [2.24, 2.45) is 28.9 Å². The second-order valence-electron chi connectivity index (χ2n) is 10.8. The van der Waals surface area contributed by atoms with Gasteiger partial charge in [0.25, 0.3) is 5.91 Å². The first-order valence-corrected chi connectivity index (χ1v) is 12.2. The Morgan fingerprint density at radius 2 is 1.91 bits per heavy atom. The van der Waals surface area contributed by atoms with Gasteiger partial charge in [-0.15, -0.1) is 0 Å². The van der Waals surface area contributed by atoms with Crippen LogP contribution in [0.25, 0.3) is 0 Å². The monoisotopic (exact) mass is 479 g/mol. The molecule has 1 aromatic rings. The number of ether oxygens (including phenoxy) is 1. The smallest absolute Gasteiger partial charge is 0.369 e. The molecule has 34 heavy (non-hydrogen) atoms. The Hall–Kier alpha value is -2.13. The van der Waals surface area contributed by atoms with Crippen LogP contribution in [0.2, 0.25) is 0 Å². The van der Waals surface area contributed by atoms with Crippen molar-refractivity contribution in [3.8, 4) is 0 Å². The summed E-state index contributed by atoms with van der Waals surface area (Å²) in [6.07, 6.45) is -0.681. The topological polar surface area (TPSA) is 84.7 Å². The van der Waals surface area contributed by atoms with Crippen molar-refractivity contribution < 1.29 is 27.5 Å². The molecule has 0 spiro atoms. The van der Waals surface area contributed by atoms with Crippen molar-refractivity contribution in [3.63, 3.8) is 0 Å². The van der Waals surface area contributed by atoms with Gasteiger partial charge in [0.1, 0.15) is 6.10 Å². The van der Waals surface area contributed by atoms with E-state index in [-0.39, 0.29) is 35.7 Å². The number of hydrogen-bond donors (Lipinski definition) is 2. The number of primary amides is 1. The summed E-state index contributed by atoms with van der Waals surface area (Å²) in [7, 11) is 0. The molecule has 186 valence electrons. The molecule has 4 atom stereocenters. The summed E-state index contributed by atoms with van der Waals surface area (Å²) >= 11 is 0. The third kappa shape index (κ3) is 4.21. The number of alkyl halides is 3. The van der Waals surface area contributed by atoms with Gasteiger partial charge < -0.3 is 15.8 Å². The minimum atomic E-state index is -4.39. The van der Waals surface area contributed by atoms with Gasteiger partial charge in [0.2, 0.25) is 5.91 Å². The maximum atomic E-state index is 13.2. The maximum Gasteiger partial charge on any atom is 0.416 e. The highest BCUT2D eigenvalue weighted by molar-refractivity contribution is 5.83. The summed E-state index contributed by atoms with van der Waals surface area (Å²) in [5.41, 5.74) is 5.25. The number of carbonyl (C=O) groups is 2. The standard InChI is InChI=1S/C25H32F3N3O3/c1-14(16-3-2-4-19(9-16)25(26,27)28)31-5-6-34-20(13-31)22(32)30-21-17-7-15-8-18(21)12-24(10-15,11-17)23(29)33/h2-4,9,14-15,17-18,20-21H,5-8,10-13H2,1H3,(H2,29,33)(H,30,32)/t14-,15?,17?,18?,20?,21?,24?/m1/s1. The van der Waals surface area contributed by atoms with Crippen molar-refractivity contribution in [2.75, 3.05) is 19.7 Å². The van der Waals surface area contributed by atoms with Crippen LogP contribution in [-0.2, 0) is 20.5 Å². The van der Waals surface area contributed by atoms with Gasteiger partial charge in [0, 0.05) is 30.6 Å². The summed E-state index contributed by atoms with van der Waals surface area (Å²) in [5.74, 6) is 0.642. The number of hydrogen-bond acceptors (Lipinski definition) is 4. The van der Waals surface area contributed by atoms with Crippen LogP contribution in [0.5, 0.6) is 0 Å². The first kappa shape index (κ1) is 23.6. The Balaban J connectivity index is 1.24. The van der Waals surface area contributed by atoms with Crippen LogP contribution in [0.15, 0.2) is 24.3 Å². The van der Waals surface area contributed by atoms with Crippen molar-refractivity contribution in [2.45, 2.75) is 63.4 Å². The minimum absolute atomic E-state index is 0.0244. The van der Waals surface area contributed by atoms with Gasteiger partial charge in [0.05, 0.1) is 12.2 Å². The molecule has 1 aromatic carbocycles. The Bertz CT molecular complexity index is 952. The zero-order valence-electron chi connectivity index (χ0n) is 19.3. The van der Waals surface area contributed by atoms with E-state index in [4.69, 9.17) is 10.5 Å². The molecule has 1 saturated heterocycles. The molecule has 4 bridgehead atoms. The molecule has 5 aliphatic rings. The molecule has 1 heterocycles. The Morgan fingerprint density at radius 3 is 2.56 bits per heavy atom. The normalized spacial score (nSPS) is 36.3. The van der Waals surface area contributed by atoms with Crippen LogP contribution < -0.4 is 11.1 Å². The van der Waals surface area contributed by atoms with E-state index in [1.807, 2.05) is 11.8 Å². The fourth-order valence-electron chi connectivity index (χ4n) is 7.18. The molecule has 5 fully saturated rings. The molecule has 6 nitrogen and oxygen atoms in total. The third-order valence-electron chi connectivity index (χ3n) is 8.74. The van der Waals surface area contributed by atoms with E-state index < -0.39 is 23.3 Å². The number of rotatable bonds is 5. The van der Waals surface area contributed by atoms with Gasteiger partial charge >= 0.3 is 6.18 Å². The largest absolute Gasteiger partial charge is 0.416 e. The van der Waals surface area contributed by atoms with Crippen LogP contribution >= 0.6 is 0 Å². The maximum absolute atomic E-state index is 13.2. The van der Waals surface area contributed by atoms with Gasteiger partial charge in [-0.2, -0.15) is 13.2 Å². The molecule has 1 aliphatic heterocycles. The number of carbonyl (C=O) groups excluding carboxylic acids is 2. The lowest BCUT2D eigenvalue weighted by Crippen LogP contribution is -2.63. The highest BCUT2D eigenvalue weighted by Crippen LogP contribution is 2.59. The van der Waals surface area contributed by atoms with Crippen LogP contribution in [0.3, 0.4) is 0 Å². The first-order valence-electron chi connectivity index (χ1n) is 12.2. The minimum Gasteiger partial charge on any atom is -0.369 e. The predicted octanol–water partition coefficient (Wildman–Crippen LogP) is 3.26. The average Bonchev–Trinajstić information content (AvgIpc) is 2.80. The summed E-state index contributed by atoms with van der Waals surface area (Å²) < 4.78 is 45.2. The lowest BCUT2D eigenvalue weighted by molar-refractivity contribution is -0.151. The SMILES string of the molecule is C[C@H](c1cccc(C(F)(F)F)c1)N1CCOC(C(=O)NC2C3CC4CC2CC(C(N)=O)(C4)C3)C1. The molecule has 6 rings (SSSR count). The highest BCUT2D eigenvalue weighted by Gasteiger charge is 2.58. The zero-order chi connectivity index (χ0) is 24.3. The van der Waals surface area contributed by atoms with Crippen LogP contribution in [-0.4, -0.2) is 48.6 Å². The van der Waals surface area contributed by atoms with Crippen molar-refractivity contribution in [1.82, 2.24) is 10.2 Å². The summed E-state index contributed by atoms with van der Waals surface area (Å²) in [6, 6.07) is 5.10. The Morgan fingerprint density at radius 1 is 1.21 bits per heavy atom. The molecule has 3 unspecified atom stereocenters. The lowest BCUT2D eigenvalue weighted by atomic mass is 9.47. The van der Waals surface area contributed by atoms with E-state index in [0.717, 1.165) is 38.2 Å². The number of nitrogens with two attached hydrogens (primary N) is 1. The van der Waals surface area contributed by atoms with Gasteiger partial charge in [0.15, 0.2) is 0 Å². The van der Waals surface area contributed by atoms with E-state index >= 15 is 0 Å². The molecule has 4 saturated carbocycles. The number of benzene rings is 1. The number of amides is 2. The summed E-state index contributed by atoms with van der Waals surface area (Å²) in [5, 5.41) is 3.22. The molecular formula is C25H32F3N3O3. The predicted molar refractivity (Wildman–Crippen MR) is 118 cm³/mol. The van der Waals surface area contributed by atoms with E-state index in [1.165, 1.54) is 12.1 Å². The van der Waals surface area contributed by atoms with Crippen LogP contribution in [0.1, 0.15) is 56.2 Å². The van der Waals surface area contributed by atoms with Crippen molar-refractivity contribution >= 4 is 11.8 Å². The quantitative estimate of drug-likeness (QED) is 0.679. The lowest BCUT2D eigenvalue weighted by Gasteiger charge is -2.59. The number of halogens is 3. The Kier molecular flexibility index (Phi) is 5.91. The van der Waals surface area contributed by atoms with Crippen molar-refractivity contribution in [1.29, 1.82) is 0 Å². The molecular weight excluding hydrogens is 447 g/mol. The van der Waals surface area contributed by atoms with E-state index in [0.29, 0.717) is 31.2 Å². The second kappa shape index (κ2) is 8.52. The second-order valence-corrected chi connectivity index (χ2v) is 10.8. The highest BCUT2D eigenvalue weighted by atomic mass is 19.4. The van der Waals surface area contributed by atoms with E-state index in [9.17, 15) is 22.8 Å². The van der Waals surface area contributed by atoms with Gasteiger partial charge in [-0.1, -0.05) is 12.1 Å². The summed E-state index contributed by atoms with van der Waals surface area (Å²) in [6.45, 7) is 3.06. The van der Waals surface area contributed by atoms with Gasteiger partial charge in [-0.25, -0.2) is 0 Å². The molecule has 2 amide bonds. The Labute approximate surface area is 197 Å². The van der Waals surface area contributed by atoms with E-state index in [1.54, 1.807) is 6.07 Å². The van der Waals surface area contributed by atoms with Crippen LogP contribution in [0.4, 0.5) is 13.2 Å². The van der Waals surface area contributed by atoms with Crippen molar-refractivity contribution in [3.05, 3.63) is 35.4 Å². The zero-order valence-corrected chi connectivity index (χ0v) is 19.3. The van der Waals surface area contributed by atoms with Crippen LogP contribution in [0, 0.1) is 23.2 Å². The molecule has 3 N–H and O–H groups in total. The first-order chi connectivity index (χ1) is 16.1. The summed E-state index contributed by atoms with van der Waals surface area (Å²) in [4.78, 5) is 27.4. The third-order valence-corrected chi connectivity index (χ3v) is 8.74. The number of morpholine rings is 1. The van der Waals surface area contributed by atoms with Gasteiger partial charge in [-0.3, -0.25) is 14.5 Å². The molecule has 9 heteroatoms. The number of nitrogens with zero attached hydrogens (tertiary/aromatic N) is 1. The fourth-order valence-corrected chi connectivity index (χ4v) is 7.18. The van der Waals surface area contributed by atoms with Gasteiger partial charge in [-0.05, 0) is 74.5 Å². The molecule has 0 radical (unpaired) electrons. The van der Waals surface area contributed by atoms with E-state index in [2.05, 4.69) is 5.32 Å². The fraction of sp³-hybridized carbons (Fsp3) is 0.680. The molecule has 0 aromatic heterocycles. The number of nitrogens with one attached hydrogen (secondary N) is 1.